The molecule has 2 nitrogen and oxygen atoms in total. The summed E-state index contributed by atoms with van der Waals surface area (Å²) in [4.78, 5) is 4.86. The summed E-state index contributed by atoms with van der Waals surface area (Å²) < 4.78 is 0. The predicted molar refractivity (Wildman–Crippen MR) is 346 cm³/mol. The third-order valence-electron chi connectivity index (χ3n) is 16.9. The van der Waals surface area contributed by atoms with E-state index in [2.05, 4.69) is 306 Å². The molecule has 14 aromatic carbocycles. The quantitative estimate of drug-likeness (QED) is 0.133. The molecule has 382 valence electrons. The smallest absolute Gasteiger partial charge is 0.0490 e. The van der Waals surface area contributed by atoms with Crippen LogP contribution in [0.4, 0.5) is 34.1 Å². The summed E-state index contributed by atoms with van der Waals surface area (Å²) in [5, 5.41) is 15.5. The highest BCUT2D eigenvalue weighted by molar-refractivity contribution is 6.27. The summed E-state index contributed by atoms with van der Waals surface area (Å²) in [6.07, 6.45) is 0. The summed E-state index contributed by atoms with van der Waals surface area (Å²) in [5.74, 6) is 0. The van der Waals surface area contributed by atoms with Gasteiger partial charge in [0.15, 0.2) is 0 Å². The van der Waals surface area contributed by atoms with Gasteiger partial charge in [-0.1, -0.05) is 182 Å². The molecule has 0 amide bonds. The van der Waals surface area contributed by atoms with Crippen molar-refractivity contribution in [2.75, 3.05) is 9.80 Å². The first-order valence-corrected chi connectivity index (χ1v) is 28.0. The third-order valence-corrected chi connectivity index (χ3v) is 16.9. The normalized spacial score (nSPS) is 11.6. The van der Waals surface area contributed by atoms with Gasteiger partial charge in [0.05, 0.1) is 0 Å². The Morgan fingerprint density at radius 3 is 0.738 bits per heavy atom. The van der Waals surface area contributed by atoms with Gasteiger partial charge in [-0.2, -0.15) is 0 Å². The van der Waals surface area contributed by atoms with Gasteiger partial charge in [0, 0.05) is 34.1 Å². The Balaban J connectivity index is 0.809. The fourth-order valence-electron chi connectivity index (χ4n) is 13.2. The molecule has 2 heteroatoms. The van der Waals surface area contributed by atoms with Crippen LogP contribution in [-0.4, -0.2) is 0 Å². The van der Waals surface area contributed by atoms with Crippen LogP contribution in [0.1, 0.15) is 33.4 Å². The molecule has 80 heavy (non-hydrogen) atoms. The van der Waals surface area contributed by atoms with Crippen LogP contribution in [0.5, 0.6) is 0 Å². The zero-order chi connectivity index (χ0) is 54.2. The number of nitrogens with zero attached hydrogens (tertiary/aromatic N) is 2. The van der Waals surface area contributed by atoms with E-state index in [4.69, 9.17) is 0 Å². The molecule has 0 aliphatic rings. The fraction of sp³-hybridized carbons (Fsp3) is 0.0769. The molecule has 0 aliphatic carbocycles. The molecule has 0 radical (unpaired) electrons. The number of hydrogen-bond acceptors (Lipinski definition) is 2. The van der Waals surface area contributed by atoms with Gasteiger partial charge in [-0.25, -0.2) is 0 Å². The molecule has 0 saturated heterocycles. The fourth-order valence-corrected chi connectivity index (χ4v) is 13.2. The minimum absolute atomic E-state index is 1.12. The Morgan fingerprint density at radius 2 is 0.438 bits per heavy atom. The van der Waals surface area contributed by atoms with Crippen LogP contribution >= 0.6 is 0 Å². The van der Waals surface area contributed by atoms with Crippen LogP contribution in [0.15, 0.2) is 255 Å². The van der Waals surface area contributed by atoms with Crippen LogP contribution in [0.25, 0.3) is 98.0 Å². The number of fused-ring (bicyclic) bond motifs is 12. The van der Waals surface area contributed by atoms with Crippen molar-refractivity contribution < 1.29 is 0 Å². The van der Waals surface area contributed by atoms with Crippen molar-refractivity contribution in [1.82, 2.24) is 0 Å². The van der Waals surface area contributed by atoms with E-state index in [1.807, 2.05) is 0 Å². The Kier molecular flexibility index (Phi) is 11.9. The second kappa shape index (κ2) is 19.6. The van der Waals surface area contributed by atoms with Gasteiger partial charge in [-0.3, -0.25) is 0 Å². The maximum Gasteiger partial charge on any atom is 0.0490 e. The Morgan fingerprint density at radius 1 is 0.188 bits per heavy atom. The number of rotatable bonds is 9. The number of anilines is 6. The molecular weight excluding hydrogens is 965 g/mol. The molecule has 0 fully saturated rings. The van der Waals surface area contributed by atoms with Crippen molar-refractivity contribution in [2.24, 2.45) is 0 Å². The lowest BCUT2D eigenvalue weighted by Gasteiger charge is -2.30. The SMILES string of the molecule is Cc1ccccc1N(c1ccc(-c2ccc3c4ccccc4c4ccccc4c3c2)cc1)c1cc(C)c(-c2c(C)cc(N(c3ccc(-c4ccc5c6ccccc6c6ccccc6c5c4)cc3)c3ccccc3C)cc2C)c(C)c1. The van der Waals surface area contributed by atoms with E-state index in [1.165, 1.54) is 131 Å². The lowest BCUT2D eigenvalue weighted by Crippen LogP contribution is -2.13. The number of benzene rings is 14. The third kappa shape index (κ3) is 8.18. The van der Waals surface area contributed by atoms with Crippen LogP contribution in [0, 0.1) is 41.5 Å². The van der Waals surface area contributed by atoms with E-state index < -0.39 is 0 Å². The molecule has 0 unspecified atom stereocenters. The van der Waals surface area contributed by atoms with Gasteiger partial charge in [0.1, 0.15) is 0 Å². The molecule has 0 spiro atoms. The van der Waals surface area contributed by atoms with Gasteiger partial charge in [-0.15, -0.1) is 0 Å². The maximum atomic E-state index is 2.43. The van der Waals surface area contributed by atoms with Gasteiger partial charge in [0.25, 0.3) is 0 Å². The lowest BCUT2D eigenvalue weighted by molar-refractivity contribution is 1.22. The standard InChI is InChI=1S/C78H60N2/c1-49-19-7-17-29-75(49)79(59-37-31-55(32-38-59)57-35-41-71-67-25-11-9-21-63(67)65-23-13-15-27-69(65)73(71)47-57)61-43-51(3)77(52(4)44-61)78-53(5)45-62(46-54(78)6)80(76-30-18-8-20-50(76)2)60-39-33-56(34-40-60)58-36-42-72-68-26-12-10-22-64(68)66-24-14-16-28-70(66)74(72)48-58/h7-48H,1-6H3. The van der Waals surface area contributed by atoms with Crippen LogP contribution in [0.2, 0.25) is 0 Å². The second-order valence-corrected chi connectivity index (χ2v) is 21.9. The Labute approximate surface area is 469 Å². The van der Waals surface area contributed by atoms with E-state index in [0.717, 1.165) is 34.1 Å². The zero-order valence-electron chi connectivity index (χ0n) is 46.1. The van der Waals surface area contributed by atoms with Crippen molar-refractivity contribution >= 4 is 98.8 Å². The average molecular weight is 1030 g/mol. The summed E-state index contributed by atoms with van der Waals surface area (Å²) in [6, 6.07) is 94.5. The zero-order valence-corrected chi connectivity index (χ0v) is 46.1. The maximum absolute atomic E-state index is 2.43. The number of hydrogen-bond donors (Lipinski definition) is 0. The van der Waals surface area contributed by atoms with Gasteiger partial charge < -0.3 is 9.80 Å². The largest absolute Gasteiger partial charge is 0.310 e. The average Bonchev–Trinajstić information content (AvgIpc) is 3.63. The second-order valence-electron chi connectivity index (χ2n) is 21.9. The number of aryl methyl sites for hydroxylation is 6. The molecule has 0 heterocycles. The van der Waals surface area contributed by atoms with E-state index >= 15 is 0 Å². The Hall–Kier alpha value is -9.76. The van der Waals surface area contributed by atoms with E-state index in [0.29, 0.717) is 0 Å². The van der Waals surface area contributed by atoms with Crippen LogP contribution in [0.3, 0.4) is 0 Å². The summed E-state index contributed by atoms with van der Waals surface area (Å²) in [7, 11) is 0. The van der Waals surface area contributed by atoms with Crippen molar-refractivity contribution in [3.63, 3.8) is 0 Å². The molecule has 14 aromatic rings. The van der Waals surface area contributed by atoms with Crippen molar-refractivity contribution in [3.05, 3.63) is 288 Å². The molecule has 0 bridgehead atoms. The lowest BCUT2D eigenvalue weighted by atomic mass is 9.88. The molecule has 14 rings (SSSR count). The monoisotopic (exact) mass is 1020 g/mol. The molecular formula is C78H60N2. The summed E-state index contributed by atoms with van der Waals surface area (Å²) in [5.41, 5.74) is 21.6. The molecule has 0 aromatic heterocycles. The highest BCUT2D eigenvalue weighted by atomic mass is 15.1. The van der Waals surface area contributed by atoms with Gasteiger partial charge >= 0.3 is 0 Å². The van der Waals surface area contributed by atoms with Crippen molar-refractivity contribution in [1.29, 1.82) is 0 Å². The molecule has 0 aliphatic heterocycles. The van der Waals surface area contributed by atoms with E-state index in [-0.39, 0.29) is 0 Å². The van der Waals surface area contributed by atoms with Crippen molar-refractivity contribution in [2.45, 2.75) is 41.5 Å². The first-order valence-electron chi connectivity index (χ1n) is 28.0. The first kappa shape index (κ1) is 48.6. The first-order chi connectivity index (χ1) is 39.2. The minimum Gasteiger partial charge on any atom is -0.310 e. The van der Waals surface area contributed by atoms with Crippen LogP contribution in [-0.2, 0) is 0 Å². The van der Waals surface area contributed by atoms with Crippen molar-refractivity contribution in [3.8, 4) is 33.4 Å². The van der Waals surface area contributed by atoms with Gasteiger partial charge in [-0.05, 0) is 246 Å². The molecule has 0 saturated carbocycles. The highest BCUT2D eigenvalue weighted by Crippen LogP contribution is 2.46. The van der Waals surface area contributed by atoms with E-state index in [9.17, 15) is 0 Å². The minimum atomic E-state index is 1.12. The molecule has 0 atom stereocenters. The predicted octanol–water partition coefficient (Wildman–Crippen LogP) is 22.4. The molecule has 0 N–H and O–H groups in total. The number of para-hydroxylation sites is 2. The van der Waals surface area contributed by atoms with E-state index in [1.54, 1.807) is 0 Å². The van der Waals surface area contributed by atoms with Gasteiger partial charge in [0.2, 0.25) is 0 Å². The Bertz CT molecular complexity index is 4350. The summed E-state index contributed by atoms with van der Waals surface area (Å²) in [6.45, 7) is 13.6. The van der Waals surface area contributed by atoms with Crippen LogP contribution < -0.4 is 9.80 Å². The highest BCUT2D eigenvalue weighted by Gasteiger charge is 2.23. The summed E-state index contributed by atoms with van der Waals surface area (Å²) >= 11 is 0. The topological polar surface area (TPSA) is 6.48 Å².